The van der Waals surface area contributed by atoms with Gasteiger partial charge in [-0.25, -0.2) is 9.37 Å². The molecule has 0 bridgehead atoms. The predicted octanol–water partition coefficient (Wildman–Crippen LogP) is 4.60. The summed E-state index contributed by atoms with van der Waals surface area (Å²) in [4.78, 5) is 4.52. The molecule has 0 fully saturated rings. The van der Waals surface area contributed by atoms with Crippen LogP contribution in [0, 0.1) is 5.82 Å². The lowest BCUT2D eigenvalue weighted by molar-refractivity contribution is 0.617. The Balaban J connectivity index is 2.33. The first-order chi connectivity index (χ1) is 9.72. The summed E-state index contributed by atoms with van der Waals surface area (Å²) in [7, 11) is 0. The Morgan fingerprint density at radius 1 is 1.10 bits per heavy atom. The third-order valence-electron chi connectivity index (χ3n) is 3.12. The van der Waals surface area contributed by atoms with Gasteiger partial charge >= 0.3 is 0 Å². The first kappa shape index (κ1) is 13.4. The van der Waals surface area contributed by atoms with Crippen molar-refractivity contribution < 1.29 is 4.39 Å². The molecule has 3 aromatic rings. The average molecular weight is 309 g/mol. The number of imidazole rings is 1. The molecular weight excluding hydrogens is 298 g/mol. The number of nitrogens with zero attached hydrogens (tertiary/aromatic N) is 2. The molecule has 0 N–H and O–H groups in total. The fraction of sp³-hybridized carbons (Fsp3) is 0.133. The highest BCUT2D eigenvalue weighted by Gasteiger charge is 2.16. The van der Waals surface area contributed by atoms with Gasteiger partial charge in [0.25, 0.3) is 0 Å². The summed E-state index contributed by atoms with van der Waals surface area (Å²) in [6, 6.07) is 12.5. The number of aromatic nitrogens is 2. The monoisotopic (exact) mass is 308 g/mol. The minimum Gasteiger partial charge on any atom is -0.293 e. The summed E-state index contributed by atoms with van der Waals surface area (Å²) in [5, 5.41) is 0.0945. The van der Waals surface area contributed by atoms with Crippen molar-refractivity contribution in [3.8, 4) is 5.69 Å². The number of hydrogen-bond donors (Lipinski definition) is 0. The number of para-hydroxylation sites is 2. The van der Waals surface area contributed by atoms with Crippen molar-refractivity contribution in [2.45, 2.75) is 6.42 Å². The van der Waals surface area contributed by atoms with Crippen LogP contribution in [-0.4, -0.2) is 15.4 Å². The first-order valence-electron chi connectivity index (χ1n) is 6.19. The van der Waals surface area contributed by atoms with E-state index in [1.165, 1.54) is 6.07 Å². The topological polar surface area (TPSA) is 17.8 Å². The van der Waals surface area contributed by atoms with Crippen molar-refractivity contribution in [3.63, 3.8) is 0 Å². The van der Waals surface area contributed by atoms with E-state index in [1.807, 2.05) is 24.3 Å². The zero-order valence-corrected chi connectivity index (χ0v) is 12.0. The Labute approximate surface area is 125 Å². The van der Waals surface area contributed by atoms with Gasteiger partial charge in [0.2, 0.25) is 0 Å². The van der Waals surface area contributed by atoms with Crippen molar-refractivity contribution in [1.29, 1.82) is 0 Å². The van der Waals surface area contributed by atoms with Crippen LogP contribution in [0.3, 0.4) is 0 Å². The van der Waals surface area contributed by atoms with E-state index in [9.17, 15) is 4.39 Å². The van der Waals surface area contributed by atoms with Crippen molar-refractivity contribution >= 4 is 34.2 Å². The highest BCUT2D eigenvalue weighted by atomic mass is 35.5. The normalized spacial score (nSPS) is 11.2. The Hall–Kier alpha value is -1.58. The fourth-order valence-electron chi connectivity index (χ4n) is 2.26. The van der Waals surface area contributed by atoms with E-state index in [0.29, 0.717) is 18.0 Å². The minimum atomic E-state index is -0.451. The molecule has 1 aromatic heterocycles. The molecule has 0 aliphatic rings. The molecule has 102 valence electrons. The smallest absolute Gasteiger partial charge is 0.165 e. The molecule has 0 saturated heterocycles. The van der Waals surface area contributed by atoms with Gasteiger partial charge in [0, 0.05) is 12.3 Å². The lowest BCUT2D eigenvalue weighted by Crippen LogP contribution is -2.04. The summed E-state index contributed by atoms with van der Waals surface area (Å²) in [6.45, 7) is 0. The summed E-state index contributed by atoms with van der Waals surface area (Å²) in [6.07, 6.45) is 0.558. The van der Waals surface area contributed by atoms with E-state index in [4.69, 9.17) is 23.2 Å². The lowest BCUT2D eigenvalue weighted by atomic mass is 10.2. The standard InChI is InChI=1S/C15H11Cl2FN2/c16-9-8-14-19-11-5-1-2-6-12(11)20(14)13-7-3-4-10(17)15(13)18/h1-7H,8-9H2. The first-order valence-corrected chi connectivity index (χ1v) is 7.10. The van der Waals surface area contributed by atoms with Crippen LogP contribution in [0.1, 0.15) is 5.82 Å². The van der Waals surface area contributed by atoms with Gasteiger partial charge in [-0.3, -0.25) is 4.57 Å². The molecule has 0 radical (unpaired) electrons. The molecule has 20 heavy (non-hydrogen) atoms. The van der Waals surface area contributed by atoms with Crippen LogP contribution in [0.15, 0.2) is 42.5 Å². The molecule has 0 aliphatic heterocycles. The Morgan fingerprint density at radius 2 is 1.90 bits per heavy atom. The van der Waals surface area contributed by atoms with Gasteiger partial charge in [0.15, 0.2) is 5.82 Å². The summed E-state index contributed by atoms with van der Waals surface area (Å²) in [5.74, 6) is 0.696. The van der Waals surface area contributed by atoms with E-state index < -0.39 is 5.82 Å². The lowest BCUT2D eigenvalue weighted by Gasteiger charge is -2.10. The number of hydrogen-bond acceptors (Lipinski definition) is 1. The van der Waals surface area contributed by atoms with E-state index in [1.54, 1.807) is 16.7 Å². The molecule has 0 atom stereocenters. The summed E-state index contributed by atoms with van der Waals surface area (Å²) in [5.41, 5.74) is 2.05. The van der Waals surface area contributed by atoms with E-state index in [0.717, 1.165) is 16.9 Å². The largest absolute Gasteiger partial charge is 0.293 e. The summed E-state index contributed by atoms with van der Waals surface area (Å²) < 4.78 is 16.1. The number of halogens is 3. The van der Waals surface area contributed by atoms with Gasteiger partial charge in [0.05, 0.1) is 21.7 Å². The molecular formula is C15H11Cl2FN2. The number of aryl methyl sites for hydroxylation is 1. The zero-order chi connectivity index (χ0) is 14.1. The Bertz CT molecular complexity index is 768. The Kier molecular flexibility index (Phi) is 3.64. The highest BCUT2D eigenvalue weighted by Crippen LogP contribution is 2.27. The number of benzene rings is 2. The molecule has 2 nitrogen and oxygen atoms in total. The van der Waals surface area contributed by atoms with Crippen molar-refractivity contribution in [3.05, 3.63) is 59.1 Å². The molecule has 0 unspecified atom stereocenters. The van der Waals surface area contributed by atoms with Crippen LogP contribution >= 0.6 is 23.2 Å². The van der Waals surface area contributed by atoms with Crippen LogP contribution in [0.5, 0.6) is 0 Å². The van der Waals surface area contributed by atoms with Crippen LogP contribution < -0.4 is 0 Å². The number of rotatable bonds is 3. The number of fused-ring (bicyclic) bond motifs is 1. The highest BCUT2D eigenvalue weighted by molar-refractivity contribution is 6.30. The third-order valence-corrected chi connectivity index (χ3v) is 3.60. The maximum absolute atomic E-state index is 14.3. The quantitative estimate of drug-likeness (QED) is 0.647. The van der Waals surface area contributed by atoms with Crippen LogP contribution in [-0.2, 0) is 6.42 Å². The SMILES string of the molecule is Fc1c(Cl)cccc1-n1c(CCCl)nc2ccccc21. The van der Waals surface area contributed by atoms with Crippen molar-refractivity contribution in [2.75, 3.05) is 5.88 Å². The molecule has 3 rings (SSSR count). The predicted molar refractivity (Wildman–Crippen MR) is 80.5 cm³/mol. The van der Waals surface area contributed by atoms with Gasteiger partial charge < -0.3 is 0 Å². The van der Waals surface area contributed by atoms with Crippen LogP contribution in [0.2, 0.25) is 5.02 Å². The number of alkyl halides is 1. The van der Waals surface area contributed by atoms with E-state index in [-0.39, 0.29) is 5.02 Å². The molecule has 0 aliphatic carbocycles. The van der Waals surface area contributed by atoms with Crippen LogP contribution in [0.4, 0.5) is 4.39 Å². The fourth-order valence-corrected chi connectivity index (χ4v) is 2.60. The molecule has 0 amide bonds. The van der Waals surface area contributed by atoms with Crippen molar-refractivity contribution in [1.82, 2.24) is 9.55 Å². The van der Waals surface area contributed by atoms with E-state index >= 15 is 0 Å². The Morgan fingerprint density at radius 3 is 2.70 bits per heavy atom. The molecule has 1 heterocycles. The average Bonchev–Trinajstić information content (AvgIpc) is 2.80. The zero-order valence-electron chi connectivity index (χ0n) is 10.5. The van der Waals surface area contributed by atoms with E-state index in [2.05, 4.69) is 4.98 Å². The molecule has 5 heteroatoms. The molecule has 0 saturated carbocycles. The second-order valence-electron chi connectivity index (χ2n) is 4.36. The van der Waals surface area contributed by atoms with Gasteiger partial charge in [0.1, 0.15) is 5.82 Å². The van der Waals surface area contributed by atoms with Gasteiger partial charge in [-0.1, -0.05) is 29.8 Å². The maximum Gasteiger partial charge on any atom is 0.165 e. The second-order valence-corrected chi connectivity index (χ2v) is 5.15. The van der Waals surface area contributed by atoms with Gasteiger partial charge in [-0.05, 0) is 24.3 Å². The minimum absolute atomic E-state index is 0.0945. The third kappa shape index (κ3) is 2.17. The molecule has 2 aromatic carbocycles. The van der Waals surface area contributed by atoms with Gasteiger partial charge in [-0.15, -0.1) is 11.6 Å². The second kappa shape index (κ2) is 5.43. The van der Waals surface area contributed by atoms with Crippen molar-refractivity contribution in [2.24, 2.45) is 0 Å². The molecule has 0 spiro atoms. The summed E-state index contributed by atoms with van der Waals surface area (Å²) >= 11 is 11.7. The van der Waals surface area contributed by atoms with Gasteiger partial charge in [-0.2, -0.15) is 0 Å². The van der Waals surface area contributed by atoms with Crippen LogP contribution in [0.25, 0.3) is 16.7 Å². The maximum atomic E-state index is 14.3.